The van der Waals surface area contributed by atoms with Crippen LogP contribution in [0.3, 0.4) is 0 Å². The lowest BCUT2D eigenvalue weighted by Gasteiger charge is -2.37. The lowest BCUT2D eigenvalue weighted by molar-refractivity contribution is 0.0759. The van der Waals surface area contributed by atoms with Gasteiger partial charge < -0.3 is 24.8 Å². The molecule has 2 N–H and O–H groups in total. The standard InChI is InChI=1S/C25H27Cl2N5O3/c1-14(21-13-29-5-6-32(21)2)35-24-9-19-16(7-23(24)34-4)25(15(11-28)12-30-19)31-20-10-22(33-3)18(27)8-17(20)26/h7-10,12,14,21,29H,5-6,13H2,1-4H3,(H,30,31). The number of likely N-dealkylation sites (N-methyl/N-ethyl adjacent to an activating group) is 1. The summed E-state index contributed by atoms with van der Waals surface area (Å²) in [5.41, 5.74) is 2.07. The maximum Gasteiger partial charge on any atom is 0.163 e. The number of methoxy groups -OCH3 is 2. The van der Waals surface area contributed by atoms with E-state index in [0.717, 1.165) is 19.6 Å². The quantitative estimate of drug-likeness (QED) is 0.461. The first-order chi connectivity index (χ1) is 16.9. The van der Waals surface area contributed by atoms with Gasteiger partial charge in [0.2, 0.25) is 0 Å². The van der Waals surface area contributed by atoms with Crippen molar-refractivity contribution in [3.05, 3.63) is 46.1 Å². The number of nitriles is 1. The number of benzene rings is 2. The largest absolute Gasteiger partial charge is 0.495 e. The molecule has 1 aliphatic heterocycles. The zero-order chi connectivity index (χ0) is 25.1. The third-order valence-electron chi connectivity index (χ3n) is 6.19. The number of halogens is 2. The highest BCUT2D eigenvalue weighted by atomic mass is 35.5. The molecule has 2 unspecified atom stereocenters. The molecule has 8 nitrogen and oxygen atoms in total. The summed E-state index contributed by atoms with van der Waals surface area (Å²) in [7, 11) is 5.21. The Morgan fingerprint density at radius 3 is 2.60 bits per heavy atom. The fourth-order valence-electron chi connectivity index (χ4n) is 4.22. The number of ether oxygens (including phenoxy) is 3. The maximum absolute atomic E-state index is 9.76. The molecule has 0 bridgehead atoms. The molecule has 2 atom stereocenters. The second kappa shape index (κ2) is 10.8. The Morgan fingerprint density at radius 2 is 1.91 bits per heavy atom. The predicted octanol–water partition coefficient (Wildman–Crippen LogP) is 4.84. The second-order valence-electron chi connectivity index (χ2n) is 8.35. The van der Waals surface area contributed by atoms with Gasteiger partial charge in [0, 0.05) is 43.4 Å². The van der Waals surface area contributed by atoms with E-state index in [2.05, 4.69) is 33.6 Å². The molecule has 0 amide bonds. The van der Waals surface area contributed by atoms with Gasteiger partial charge in [0.15, 0.2) is 11.5 Å². The minimum Gasteiger partial charge on any atom is -0.495 e. The average Bonchev–Trinajstić information content (AvgIpc) is 2.85. The summed E-state index contributed by atoms with van der Waals surface area (Å²) < 4.78 is 17.3. The van der Waals surface area contributed by atoms with Crippen LogP contribution in [0.15, 0.2) is 30.5 Å². The third kappa shape index (κ3) is 5.19. The van der Waals surface area contributed by atoms with Gasteiger partial charge in [-0.3, -0.25) is 9.88 Å². The predicted molar refractivity (Wildman–Crippen MR) is 139 cm³/mol. The van der Waals surface area contributed by atoms with E-state index in [1.165, 1.54) is 13.3 Å². The Balaban J connectivity index is 1.75. The van der Waals surface area contributed by atoms with Crippen LogP contribution in [0.25, 0.3) is 10.9 Å². The first-order valence-electron chi connectivity index (χ1n) is 11.1. The van der Waals surface area contributed by atoms with Crippen molar-refractivity contribution in [2.45, 2.75) is 19.1 Å². The Labute approximate surface area is 214 Å². The van der Waals surface area contributed by atoms with Crippen LogP contribution in [0, 0.1) is 11.3 Å². The average molecular weight is 516 g/mol. The van der Waals surface area contributed by atoms with E-state index >= 15 is 0 Å². The number of anilines is 2. The molecule has 2 heterocycles. The van der Waals surface area contributed by atoms with Crippen LogP contribution in [-0.2, 0) is 0 Å². The Hall–Kier alpha value is -2.96. The van der Waals surface area contributed by atoms with Crippen LogP contribution >= 0.6 is 23.2 Å². The number of nitrogens with one attached hydrogen (secondary N) is 2. The molecule has 0 aliphatic carbocycles. The van der Waals surface area contributed by atoms with Crippen molar-refractivity contribution >= 4 is 45.5 Å². The Morgan fingerprint density at radius 1 is 1.14 bits per heavy atom. The minimum absolute atomic E-state index is 0.0875. The molecule has 1 aromatic heterocycles. The van der Waals surface area contributed by atoms with Crippen molar-refractivity contribution < 1.29 is 14.2 Å². The summed E-state index contributed by atoms with van der Waals surface area (Å²) in [4.78, 5) is 6.79. The number of fused-ring (bicyclic) bond motifs is 1. The van der Waals surface area contributed by atoms with Crippen molar-refractivity contribution in [3.63, 3.8) is 0 Å². The number of pyridine rings is 1. The number of piperazine rings is 1. The van der Waals surface area contributed by atoms with Crippen LogP contribution in [-0.4, -0.2) is 62.9 Å². The highest BCUT2D eigenvalue weighted by Crippen LogP contribution is 2.40. The molecule has 1 fully saturated rings. The molecule has 4 rings (SSSR count). The first kappa shape index (κ1) is 25.1. The monoisotopic (exact) mass is 515 g/mol. The van der Waals surface area contributed by atoms with Gasteiger partial charge >= 0.3 is 0 Å². The molecular weight excluding hydrogens is 489 g/mol. The van der Waals surface area contributed by atoms with Gasteiger partial charge in [0.25, 0.3) is 0 Å². The zero-order valence-corrected chi connectivity index (χ0v) is 21.5. The van der Waals surface area contributed by atoms with Crippen molar-refractivity contribution in [2.24, 2.45) is 0 Å². The van der Waals surface area contributed by atoms with Crippen molar-refractivity contribution in [2.75, 3.05) is 46.2 Å². The maximum atomic E-state index is 9.76. The fraction of sp³-hybridized carbons (Fsp3) is 0.360. The molecular formula is C25H27Cl2N5O3. The van der Waals surface area contributed by atoms with Crippen molar-refractivity contribution in [1.29, 1.82) is 5.26 Å². The fourth-order valence-corrected chi connectivity index (χ4v) is 4.72. The number of rotatable bonds is 7. The van der Waals surface area contributed by atoms with E-state index in [1.54, 1.807) is 19.2 Å². The van der Waals surface area contributed by atoms with Crippen LogP contribution < -0.4 is 24.8 Å². The van der Waals surface area contributed by atoms with Gasteiger partial charge in [-0.05, 0) is 26.1 Å². The highest BCUT2D eigenvalue weighted by molar-refractivity contribution is 6.37. The molecule has 1 aliphatic rings. The topological polar surface area (TPSA) is 91.7 Å². The lowest BCUT2D eigenvalue weighted by atomic mass is 10.1. The summed E-state index contributed by atoms with van der Waals surface area (Å²) >= 11 is 12.6. The van der Waals surface area contributed by atoms with Crippen molar-refractivity contribution in [1.82, 2.24) is 15.2 Å². The van der Waals surface area contributed by atoms with E-state index in [4.69, 9.17) is 37.4 Å². The van der Waals surface area contributed by atoms with E-state index < -0.39 is 0 Å². The van der Waals surface area contributed by atoms with E-state index in [1.807, 2.05) is 19.1 Å². The molecule has 184 valence electrons. The van der Waals surface area contributed by atoms with E-state index in [0.29, 0.717) is 55.1 Å². The molecule has 3 aromatic rings. The van der Waals surface area contributed by atoms with Crippen LogP contribution in [0.5, 0.6) is 17.2 Å². The van der Waals surface area contributed by atoms with Crippen LogP contribution in [0.2, 0.25) is 10.0 Å². The van der Waals surface area contributed by atoms with Gasteiger partial charge in [0.05, 0.1) is 52.8 Å². The Kier molecular flexibility index (Phi) is 7.72. The summed E-state index contributed by atoms with van der Waals surface area (Å²) in [6.45, 7) is 4.81. The van der Waals surface area contributed by atoms with Gasteiger partial charge in [-0.25, -0.2) is 0 Å². The van der Waals surface area contributed by atoms with Gasteiger partial charge in [-0.15, -0.1) is 0 Å². The second-order valence-corrected chi connectivity index (χ2v) is 9.16. The SMILES string of the molecule is COc1cc(Nc2c(C#N)cnc3cc(OC(C)C4CNCCN4C)c(OC)cc23)c(Cl)cc1Cl. The summed E-state index contributed by atoms with van der Waals surface area (Å²) in [6.07, 6.45) is 1.43. The van der Waals surface area contributed by atoms with Crippen LogP contribution in [0.1, 0.15) is 12.5 Å². The number of aromatic nitrogens is 1. The van der Waals surface area contributed by atoms with E-state index in [-0.39, 0.29) is 12.1 Å². The molecule has 35 heavy (non-hydrogen) atoms. The normalized spacial score (nSPS) is 17.0. The molecule has 0 radical (unpaired) electrons. The number of nitrogens with zero attached hydrogens (tertiary/aromatic N) is 3. The van der Waals surface area contributed by atoms with Gasteiger partial charge in [-0.1, -0.05) is 23.2 Å². The smallest absolute Gasteiger partial charge is 0.163 e. The Bertz CT molecular complexity index is 1280. The lowest BCUT2D eigenvalue weighted by Crippen LogP contribution is -2.55. The van der Waals surface area contributed by atoms with Gasteiger partial charge in [0.1, 0.15) is 17.9 Å². The van der Waals surface area contributed by atoms with Gasteiger partial charge in [-0.2, -0.15) is 5.26 Å². The highest BCUT2D eigenvalue weighted by Gasteiger charge is 2.27. The summed E-state index contributed by atoms with van der Waals surface area (Å²) in [5.74, 6) is 1.58. The first-order valence-corrected chi connectivity index (χ1v) is 11.9. The van der Waals surface area contributed by atoms with Crippen LogP contribution in [0.4, 0.5) is 11.4 Å². The number of hydrogen-bond acceptors (Lipinski definition) is 8. The van der Waals surface area contributed by atoms with E-state index in [9.17, 15) is 5.26 Å². The zero-order valence-electron chi connectivity index (χ0n) is 20.0. The summed E-state index contributed by atoms with van der Waals surface area (Å²) in [5, 5.41) is 17.9. The molecule has 0 saturated carbocycles. The third-order valence-corrected chi connectivity index (χ3v) is 6.80. The molecule has 1 saturated heterocycles. The number of hydrogen-bond donors (Lipinski definition) is 2. The summed E-state index contributed by atoms with van der Waals surface area (Å²) in [6, 6.07) is 9.33. The van der Waals surface area contributed by atoms with Crippen molar-refractivity contribution in [3.8, 4) is 23.3 Å². The molecule has 0 spiro atoms. The minimum atomic E-state index is -0.0875. The molecule has 2 aromatic carbocycles. The molecule has 10 heteroatoms.